The Kier molecular flexibility index (Phi) is 9.11. The van der Waals surface area contributed by atoms with E-state index in [0.29, 0.717) is 24.5 Å². The van der Waals surface area contributed by atoms with Crippen molar-refractivity contribution < 1.29 is 17.9 Å². The van der Waals surface area contributed by atoms with E-state index in [2.05, 4.69) is 20.5 Å². The molecule has 1 atom stereocenters. The molecule has 27 heavy (non-hydrogen) atoms. The molecule has 158 valence electrons. The molecular weight excluding hydrogens is 359 g/mol. The molecule has 2 aliphatic heterocycles. The Morgan fingerprint density at radius 1 is 1.26 bits per heavy atom. The molecule has 9 heteroatoms. The Morgan fingerprint density at radius 2 is 2.00 bits per heavy atom. The fraction of sp³-hybridized carbons (Fsp3) is 0.944. The van der Waals surface area contributed by atoms with Gasteiger partial charge in [0.15, 0.2) is 5.96 Å². The highest BCUT2D eigenvalue weighted by Gasteiger charge is 2.29. The Balaban J connectivity index is 1.70. The molecule has 0 spiro atoms. The van der Waals surface area contributed by atoms with Crippen molar-refractivity contribution in [2.45, 2.75) is 38.4 Å². The van der Waals surface area contributed by atoms with Crippen LogP contribution in [0.4, 0.5) is 13.2 Å². The van der Waals surface area contributed by atoms with Crippen LogP contribution in [0, 0.1) is 5.92 Å². The number of guanidine groups is 1. The van der Waals surface area contributed by atoms with E-state index >= 15 is 0 Å². The lowest BCUT2D eigenvalue weighted by atomic mass is 10.0. The summed E-state index contributed by atoms with van der Waals surface area (Å²) < 4.78 is 42.6. The topological polar surface area (TPSA) is 52.1 Å². The van der Waals surface area contributed by atoms with E-state index in [4.69, 9.17) is 4.74 Å². The molecule has 0 aromatic rings. The maximum Gasteiger partial charge on any atom is 0.401 e. The zero-order valence-corrected chi connectivity index (χ0v) is 16.5. The van der Waals surface area contributed by atoms with Crippen LogP contribution in [0.2, 0.25) is 0 Å². The molecule has 0 radical (unpaired) electrons. The minimum Gasteiger partial charge on any atom is -0.381 e. The second-order valence-electron chi connectivity index (χ2n) is 7.56. The normalized spacial score (nSPS) is 23.2. The van der Waals surface area contributed by atoms with Crippen LogP contribution in [0.5, 0.6) is 0 Å². The Morgan fingerprint density at radius 3 is 2.59 bits per heavy atom. The maximum absolute atomic E-state index is 12.4. The molecule has 0 aliphatic carbocycles. The van der Waals surface area contributed by atoms with Crippen molar-refractivity contribution in [1.82, 2.24) is 20.4 Å². The van der Waals surface area contributed by atoms with E-state index in [1.807, 2.05) is 6.92 Å². The van der Waals surface area contributed by atoms with Crippen molar-refractivity contribution >= 4 is 5.96 Å². The van der Waals surface area contributed by atoms with Crippen LogP contribution >= 0.6 is 0 Å². The van der Waals surface area contributed by atoms with Crippen LogP contribution in [0.3, 0.4) is 0 Å². The lowest BCUT2D eigenvalue weighted by Gasteiger charge is -2.34. The molecule has 2 heterocycles. The molecule has 6 nitrogen and oxygen atoms in total. The summed E-state index contributed by atoms with van der Waals surface area (Å²) in [6.07, 6.45) is -0.907. The number of nitrogens with one attached hydrogen (secondary N) is 2. The molecule has 0 aromatic heterocycles. The first kappa shape index (κ1) is 22.2. The maximum atomic E-state index is 12.4. The summed E-state index contributed by atoms with van der Waals surface area (Å²) in [7, 11) is 1.47. The molecule has 2 N–H and O–H groups in total. The van der Waals surface area contributed by atoms with Crippen LogP contribution in [-0.2, 0) is 4.74 Å². The standard InChI is InChI=1S/C18H34F3N5O/c1-3-22-17(23-7-10-25(2)14-18(19,20)21)24-16-4-8-26(9-5-16)12-15-6-11-27-13-15/h15-16H,3-14H2,1-2H3,(H2,22,23,24). The third-order valence-electron chi connectivity index (χ3n) is 5.01. The zero-order valence-electron chi connectivity index (χ0n) is 16.5. The first-order chi connectivity index (χ1) is 12.9. The highest BCUT2D eigenvalue weighted by molar-refractivity contribution is 5.80. The van der Waals surface area contributed by atoms with Gasteiger partial charge in [0.2, 0.25) is 0 Å². The highest BCUT2D eigenvalue weighted by Crippen LogP contribution is 2.18. The van der Waals surface area contributed by atoms with E-state index in [0.717, 1.165) is 58.7 Å². The second-order valence-corrected chi connectivity index (χ2v) is 7.56. The number of aliphatic imine (C=N–C) groups is 1. The zero-order chi connectivity index (χ0) is 19.7. The van der Waals surface area contributed by atoms with Gasteiger partial charge in [-0.1, -0.05) is 0 Å². The average Bonchev–Trinajstić information content (AvgIpc) is 3.08. The van der Waals surface area contributed by atoms with Crippen molar-refractivity contribution in [3.05, 3.63) is 0 Å². The smallest absolute Gasteiger partial charge is 0.381 e. The van der Waals surface area contributed by atoms with E-state index in [1.165, 1.54) is 11.9 Å². The predicted octanol–water partition coefficient (Wildman–Crippen LogP) is 1.54. The summed E-state index contributed by atoms with van der Waals surface area (Å²) >= 11 is 0. The van der Waals surface area contributed by atoms with E-state index in [9.17, 15) is 13.2 Å². The summed E-state index contributed by atoms with van der Waals surface area (Å²) in [5.74, 6) is 1.36. The van der Waals surface area contributed by atoms with Gasteiger partial charge in [0, 0.05) is 45.4 Å². The summed E-state index contributed by atoms with van der Waals surface area (Å²) in [6.45, 7) is 7.43. The molecule has 2 aliphatic rings. The molecule has 1 unspecified atom stereocenters. The average molecular weight is 393 g/mol. The van der Waals surface area contributed by atoms with Gasteiger partial charge >= 0.3 is 6.18 Å². The van der Waals surface area contributed by atoms with E-state index in [1.54, 1.807) is 0 Å². The van der Waals surface area contributed by atoms with Crippen LogP contribution in [-0.4, -0.2) is 94.1 Å². The van der Waals surface area contributed by atoms with Gasteiger partial charge in [-0.2, -0.15) is 13.2 Å². The number of alkyl halides is 3. The van der Waals surface area contributed by atoms with Crippen LogP contribution in [0.25, 0.3) is 0 Å². The molecule has 2 fully saturated rings. The number of hydrogen-bond donors (Lipinski definition) is 2. The number of ether oxygens (including phenoxy) is 1. The minimum absolute atomic E-state index is 0.276. The van der Waals surface area contributed by atoms with Gasteiger partial charge in [-0.15, -0.1) is 0 Å². The van der Waals surface area contributed by atoms with E-state index in [-0.39, 0.29) is 6.54 Å². The molecule has 0 bridgehead atoms. The van der Waals surface area contributed by atoms with Gasteiger partial charge < -0.3 is 20.3 Å². The lowest BCUT2D eigenvalue weighted by Crippen LogP contribution is -2.49. The van der Waals surface area contributed by atoms with Gasteiger partial charge in [0.05, 0.1) is 19.7 Å². The van der Waals surface area contributed by atoms with Crippen molar-refractivity contribution in [3.8, 4) is 0 Å². The molecule has 2 saturated heterocycles. The predicted molar refractivity (Wildman–Crippen MR) is 101 cm³/mol. The van der Waals surface area contributed by atoms with Crippen molar-refractivity contribution in [3.63, 3.8) is 0 Å². The Labute approximate surface area is 160 Å². The molecule has 0 saturated carbocycles. The van der Waals surface area contributed by atoms with Crippen LogP contribution < -0.4 is 10.6 Å². The number of nitrogens with zero attached hydrogens (tertiary/aromatic N) is 3. The third-order valence-corrected chi connectivity index (χ3v) is 5.01. The SMILES string of the molecule is CCNC(=NCCN(C)CC(F)(F)F)NC1CCN(CC2CCOC2)CC1. The van der Waals surface area contributed by atoms with Crippen LogP contribution in [0.1, 0.15) is 26.2 Å². The number of likely N-dealkylation sites (N-methyl/N-ethyl adjacent to an activating group) is 1. The van der Waals surface area contributed by atoms with Crippen LogP contribution in [0.15, 0.2) is 4.99 Å². The molecular formula is C18H34F3N5O. The van der Waals surface area contributed by atoms with Gasteiger partial charge in [0.25, 0.3) is 0 Å². The largest absolute Gasteiger partial charge is 0.401 e. The Hall–Kier alpha value is -1.06. The number of hydrogen-bond acceptors (Lipinski definition) is 4. The highest BCUT2D eigenvalue weighted by atomic mass is 19.4. The van der Waals surface area contributed by atoms with Gasteiger partial charge in [-0.3, -0.25) is 9.89 Å². The first-order valence-electron chi connectivity index (χ1n) is 9.96. The lowest BCUT2D eigenvalue weighted by molar-refractivity contribution is -0.142. The van der Waals surface area contributed by atoms with Gasteiger partial charge in [0.1, 0.15) is 0 Å². The second kappa shape index (κ2) is 11.1. The Bertz CT molecular complexity index is 447. The van der Waals surface area contributed by atoms with Crippen molar-refractivity contribution in [2.24, 2.45) is 10.9 Å². The quantitative estimate of drug-likeness (QED) is 0.484. The summed E-state index contributed by atoms with van der Waals surface area (Å²) in [5.41, 5.74) is 0. The monoisotopic (exact) mass is 393 g/mol. The number of piperidine rings is 1. The molecule has 2 rings (SSSR count). The molecule has 0 aromatic carbocycles. The number of halogens is 3. The van der Waals surface area contributed by atoms with Crippen molar-refractivity contribution in [1.29, 1.82) is 0 Å². The third kappa shape index (κ3) is 9.12. The first-order valence-corrected chi connectivity index (χ1v) is 9.96. The minimum atomic E-state index is -4.17. The number of likely N-dealkylation sites (tertiary alicyclic amines) is 1. The summed E-state index contributed by atoms with van der Waals surface area (Å²) in [5, 5.41) is 6.63. The van der Waals surface area contributed by atoms with Gasteiger partial charge in [-0.25, -0.2) is 0 Å². The van der Waals surface area contributed by atoms with E-state index < -0.39 is 12.7 Å². The fourth-order valence-electron chi connectivity index (χ4n) is 3.58. The van der Waals surface area contributed by atoms with Gasteiger partial charge in [-0.05, 0) is 39.2 Å². The number of rotatable bonds is 8. The summed E-state index contributed by atoms with van der Waals surface area (Å²) in [4.78, 5) is 8.19. The fourth-order valence-corrected chi connectivity index (χ4v) is 3.58. The molecule has 0 amide bonds. The van der Waals surface area contributed by atoms with Crippen molar-refractivity contribution in [2.75, 3.05) is 66.1 Å². The summed E-state index contributed by atoms with van der Waals surface area (Å²) in [6, 6.07) is 0.354.